The Balaban J connectivity index is 1.85. The molecule has 0 radical (unpaired) electrons. The number of nitrogens with one attached hydrogen (secondary N) is 1. The molecule has 2 N–H and O–H groups in total. The van der Waals surface area contributed by atoms with E-state index in [1.807, 2.05) is 30.3 Å². The van der Waals surface area contributed by atoms with Crippen molar-refractivity contribution in [2.45, 2.75) is 44.7 Å². The van der Waals surface area contributed by atoms with Gasteiger partial charge in [-0.2, -0.15) is 5.26 Å². The zero-order valence-electron chi connectivity index (χ0n) is 13.3. The van der Waals surface area contributed by atoms with Gasteiger partial charge in [0.15, 0.2) is 0 Å². The van der Waals surface area contributed by atoms with Crippen molar-refractivity contribution in [1.29, 1.82) is 5.26 Å². The quantitative estimate of drug-likeness (QED) is 0.685. The van der Waals surface area contributed by atoms with E-state index in [-0.39, 0.29) is 18.7 Å². The fourth-order valence-corrected chi connectivity index (χ4v) is 3.02. The molecular formula is C19H26N2O. The summed E-state index contributed by atoms with van der Waals surface area (Å²) >= 11 is 0. The highest BCUT2D eigenvalue weighted by Gasteiger charge is 2.42. The van der Waals surface area contributed by atoms with E-state index in [2.05, 4.69) is 30.5 Å². The lowest BCUT2D eigenvalue weighted by Crippen LogP contribution is -2.35. The van der Waals surface area contributed by atoms with E-state index in [0.29, 0.717) is 11.8 Å². The number of nitrogens with zero attached hydrogens (tertiary/aromatic N) is 1. The van der Waals surface area contributed by atoms with Crippen molar-refractivity contribution >= 4 is 0 Å². The first kappa shape index (κ1) is 16.7. The molecule has 0 aromatic heterocycles. The van der Waals surface area contributed by atoms with Gasteiger partial charge >= 0.3 is 0 Å². The van der Waals surface area contributed by atoms with Crippen LogP contribution >= 0.6 is 0 Å². The van der Waals surface area contributed by atoms with Gasteiger partial charge < -0.3 is 5.11 Å². The van der Waals surface area contributed by atoms with Gasteiger partial charge in [0.2, 0.25) is 0 Å². The van der Waals surface area contributed by atoms with Gasteiger partial charge in [0.1, 0.15) is 0 Å². The Bertz CT molecular complexity index is 506. The van der Waals surface area contributed by atoms with Gasteiger partial charge in [-0.15, -0.1) is 0 Å². The second-order valence-electron chi connectivity index (χ2n) is 6.04. The molecule has 1 aliphatic rings. The summed E-state index contributed by atoms with van der Waals surface area (Å²) in [6.07, 6.45) is 8.93. The monoisotopic (exact) mass is 298 g/mol. The van der Waals surface area contributed by atoms with Crippen molar-refractivity contribution in [2.75, 3.05) is 6.61 Å². The largest absolute Gasteiger partial charge is 0.394 e. The van der Waals surface area contributed by atoms with E-state index >= 15 is 0 Å². The summed E-state index contributed by atoms with van der Waals surface area (Å²) in [4.78, 5) is 0. The summed E-state index contributed by atoms with van der Waals surface area (Å²) in [6.45, 7) is 2.16. The van der Waals surface area contributed by atoms with Crippen LogP contribution < -0.4 is 5.32 Å². The summed E-state index contributed by atoms with van der Waals surface area (Å²) in [5, 5.41) is 22.4. The molecule has 1 aromatic carbocycles. The van der Waals surface area contributed by atoms with Gasteiger partial charge in [-0.3, -0.25) is 5.32 Å². The summed E-state index contributed by atoms with van der Waals surface area (Å²) in [5.41, 5.74) is 1.04. The van der Waals surface area contributed by atoms with E-state index < -0.39 is 0 Å². The number of aliphatic hydroxyl groups excluding tert-OH is 1. The second kappa shape index (κ2) is 8.73. The molecular weight excluding hydrogens is 272 g/mol. The zero-order chi connectivity index (χ0) is 15.8. The summed E-state index contributed by atoms with van der Waals surface area (Å²) in [5.74, 6) is 1.08. The molecule has 118 valence electrons. The Kier molecular flexibility index (Phi) is 6.64. The molecule has 1 aliphatic carbocycles. The first-order chi connectivity index (χ1) is 10.8. The Morgan fingerprint density at radius 2 is 2.14 bits per heavy atom. The van der Waals surface area contributed by atoms with Crippen molar-refractivity contribution in [3.63, 3.8) is 0 Å². The average molecular weight is 298 g/mol. The maximum atomic E-state index is 9.61. The van der Waals surface area contributed by atoms with E-state index in [1.54, 1.807) is 0 Å². The van der Waals surface area contributed by atoms with Crippen molar-refractivity contribution < 1.29 is 5.11 Å². The molecule has 4 atom stereocenters. The molecule has 3 heteroatoms. The SMILES string of the molecule is CC/C=C\CCC1C[C@H]1C(C#N)NC(CO)c1ccccc1. The lowest BCUT2D eigenvalue weighted by atomic mass is 10.0. The van der Waals surface area contributed by atoms with Crippen LogP contribution in [0.4, 0.5) is 0 Å². The van der Waals surface area contributed by atoms with Crippen LogP contribution in [0.5, 0.6) is 0 Å². The summed E-state index contributed by atoms with van der Waals surface area (Å²) < 4.78 is 0. The number of allylic oxidation sites excluding steroid dienone is 2. The minimum absolute atomic E-state index is 0.0127. The Morgan fingerprint density at radius 1 is 1.36 bits per heavy atom. The van der Waals surface area contributed by atoms with Gasteiger partial charge in [-0.1, -0.05) is 49.4 Å². The maximum Gasteiger partial charge on any atom is 0.0989 e. The average Bonchev–Trinajstić information content (AvgIpc) is 3.33. The molecule has 1 aromatic rings. The highest BCUT2D eigenvalue weighted by molar-refractivity contribution is 5.20. The van der Waals surface area contributed by atoms with Crippen LogP contribution in [0.2, 0.25) is 0 Å². The standard InChI is InChI=1S/C19H26N2O/c1-2-3-4-6-11-16-12-17(16)18(13-20)21-19(14-22)15-9-7-5-8-10-15/h3-5,7-10,16-19,21-22H,2,6,11-12,14H2,1H3/b4-3-/t16?,17-,18?,19?/m1/s1. The van der Waals surface area contributed by atoms with E-state index in [4.69, 9.17) is 0 Å². The van der Waals surface area contributed by atoms with Crippen LogP contribution in [0.3, 0.4) is 0 Å². The first-order valence-electron chi connectivity index (χ1n) is 8.26. The second-order valence-corrected chi connectivity index (χ2v) is 6.04. The first-order valence-corrected chi connectivity index (χ1v) is 8.26. The molecule has 0 saturated heterocycles. The number of hydrogen-bond acceptors (Lipinski definition) is 3. The van der Waals surface area contributed by atoms with Crippen molar-refractivity contribution in [1.82, 2.24) is 5.32 Å². The van der Waals surface area contributed by atoms with Crippen molar-refractivity contribution in [2.24, 2.45) is 11.8 Å². The van der Waals surface area contributed by atoms with E-state index in [1.165, 1.54) is 0 Å². The Labute approximate surface area is 133 Å². The fraction of sp³-hybridized carbons (Fsp3) is 0.526. The summed E-state index contributed by atoms with van der Waals surface area (Å²) in [6, 6.07) is 11.9. The van der Waals surface area contributed by atoms with Crippen LogP contribution in [-0.2, 0) is 0 Å². The lowest BCUT2D eigenvalue weighted by Gasteiger charge is -2.20. The normalized spacial score (nSPS) is 23.1. The molecule has 3 unspecified atom stereocenters. The predicted octanol–water partition coefficient (Wildman–Crippen LogP) is 3.58. The van der Waals surface area contributed by atoms with Gasteiger partial charge in [0.05, 0.1) is 24.8 Å². The van der Waals surface area contributed by atoms with Crippen LogP contribution in [-0.4, -0.2) is 17.8 Å². The van der Waals surface area contributed by atoms with Crippen LogP contribution in [0.1, 0.15) is 44.2 Å². The van der Waals surface area contributed by atoms with E-state index in [9.17, 15) is 10.4 Å². The fourth-order valence-electron chi connectivity index (χ4n) is 3.02. The molecule has 1 fully saturated rings. The topological polar surface area (TPSA) is 56.0 Å². The zero-order valence-corrected chi connectivity index (χ0v) is 13.3. The van der Waals surface area contributed by atoms with Gasteiger partial charge in [-0.25, -0.2) is 0 Å². The maximum absolute atomic E-state index is 9.61. The highest BCUT2D eigenvalue weighted by Crippen LogP contribution is 2.44. The molecule has 0 heterocycles. The number of benzene rings is 1. The molecule has 0 aliphatic heterocycles. The minimum Gasteiger partial charge on any atom is -0.394 e. The molecule has 3 nitrogen and oxygen atoms in total. The third-order valence-electron chi connectivity index (χ3n) is 4.42. The van der Waals surface area contributed by atoms with Crippen LogP contribution in [0.15, 0.2) is 42.5 Å². The minimum atomic E-state index is -0.169. The lowest BCUT2D eigenvalue weighted by molar-refractivity contribution is 0.235. The molecule has 0 bridgehead atoms. The predicted molar refractivity (Wildman–Crippen MR) is 89.1 cm³/mol. The number of hydrogen-bond donors (Lipinski definition) is 2. The molecule has 2 rings (SSSR count). The molecule has 1 saturated carbocycles. The Morgan fingerprint density at radius 3 is 2.77 bits per heavy atom. The number of nitriles is 1. The van der Waals surface area contributed by atoms with Gasteiger partial charge in [-0.05, 0) is 43.1 Å². The molecule has 22 heavy (non-hydrogen) atoms. The number of rotatable bonds is 9. The third kappa shape index (κ3) is 4.69. The van der Waals surface area contributed by atoms with Crippen LogP contribution in [0.25, 0.3) is 0 Å². The number of aliphatic hydroxyl groups is 1. The van der Waals surface area contributed by atoms with Crippen molar-refractivity contribution in [3.8, 4) is 6.07 Å². The summed E-state index contributed by atoms with van der Waals surface area (Å²) in [7, 11) is 0. The van der Waals surface area contributed by atoms with Gasteiger partial charge in [0, 0.05) is 0 Å². The van der Waals surface area contributed by atoms with Crippen LogP contribution in [0, 0.1) is 23.2 Å². The van der Waals surface area contributed by atoms with Crippen molar-refractivity contribution in [3.05, 3.63) is 48.0 Å². The van der Waals surface area contributed by atoms with E-state index in [0.717, 1.165) is 31.2 Å². The van der Waals surface area contributed by atoms with Gasteiger partial charge in [0.25, 0.3) is 0 Å². The molecule has 0 spiro atoms. The third-order valence-corrected chi connectivity index (χ3v) is 4.42. The smallest absolute Gasteiger partial charge is 0.0989 e. The molecule has 0 amide bonds. The Hall–Kier alpha value is -1.63. The highest BCUT2D eigenvalue weighted by atomic mass is 16.3.